The maximum absolute atomic E-state index is 12.3. The van der Waals surface area contributed by atoms with Crippen molar-refractivity contribution in [2.75, 3.05) is 13.1 Å². The first-order valence-corrected chi connectivity index (χ1v) is 8.58. The zero-order valence-electron chi connectivity index (χ0n) is 14.6. The van der Waals surface area contributed by atoms with E-state index in [1.165, 1.54) is 25.7 Å². The Kier molecular flexibility index (Phi) is 7.50. The number of unbranched alkanes of at least 4 members (excludes halogenated alkanes) is 3. The summed E-state index contributed by atoms with van der Waals surface area (Å²) in [6.45, 7) is 12.0. The van der Waals surface area contributed by atoms with Gasteiger partial charge < -0.3 is 15.0 Å². The van der Waals surface area contributed by atoms with Gasteiger partial charge in [0.2, 0.25) is 0 Å². The van der Waals surface area contributed by atoms with E-state index in [2.05, 4.69) is 19.2 Å². The summed E-state index contributed by atoms with van der Waals surface area (Å²) in [7, 11) is 0. The van der Waals surface area contributed by atoms with Gasteiger partial charge in [0.25, 0.3) is 0 Å². The van der Waals surface area contributed by atoms with Crippen molar-refractivity contribution < 1.29 is 9.53 Å². The van der Waals surface area contributed by atoms with Gasteiger partial charge in [0, 0.05) is 18.6 Å². The van der Waals surface area contributed by atoms with Gasteiger partial charge in [-0.1, -0.05) is 26.2 Å². The number of hydrogen-bond acceptors (Lipinski definition) is 3. The highest BCUT2D eigenvalue weighted by Gasteiger charge is 2.33. The molecule has 1 aliphatic heterocycles. The highest BCUT2D eigenvalue weighted by molar-refractivity contribution is 5.68. The van der Waals surface area contributed by atoms with E-state index >= 15 is 0 Å². The minimum atomic E-state index is -0.419. The zero-order valence-corrected chi connectivity index (χ0v) is 14.6. The van der Waals surface area contributed by atoms with Crippen molar-refractivity contribution in [3.63, 3.8) is 0 Å². The van der Waals surface area contributed by atoms with E-state index in [9.17, 15) is 4.79 Å². The fourth-order valence-electron chi connectivity index (χ4n) is 2.83. The van der Waals surface area contributed by atoms with E-state index in [1.54, 1.807) is 0 Å². The average molecular weight is 298 g/mol. The van der Waals surface area contributed by atoms with Gasteiger partial charge in [-0.2, -0.15) is 0 Å². The highest BCUT2D eigenvalue weighted by Crippen LogP contribution is 2.20. The molecule has 0 aliphatic carbocycles. The molecule has 1 saturated heterocycles. The predicted molar refractivity (Wildman–Crippen MR) is 87.6 cm³/mol. The van der Waals surface area contributed by atoms with Crippen molar-refractivity contribution in [3.8, 4) is 0 Å². The summed E-state index contributed by atoms with van der Waals surface area (Å²) in [6, 6.07) is 0.604. The van der Waals surface area contributed by atoms with Crippen molar-refractivity contribution in [3.05, 3.63) is 0 Å². The van der Waals surface area contributed by atoms with Crippen LogP contribution in [-0.4, -0.2) is 41.8 Å². The van der Waals surface area contributed by atoms with Crippen molar-refractivity contribution in [1.82, 2.24) is 10.2 Å². The van der Waals surface area contributed by atoms with Crippen LogP contribution in [0, 0.1) is 0 Å². The van der Waals surface area contributed by atoms with Gasteiger partial charge in [-0.3, -0.25) is 0 Å². The second-order valence-electron chi connectivity index (χ2n) is 7.18. The van der Waals surface area contributed by atoms with Crippen LogP contribution in [0.3, 0.4) is 0 Å². The fraction of sp³-hybridized carbons (Fsp3) is 0.941. The fourth-order valence-corrected chi connectivity index (χ4v) is 2.83. The molecule has 0 aromatic heterocycles. The van der Waals surface area contributed by atoms with Crippen LogP contribution < -0.4 is 5.32 Å². The number of nitrogens with one attached hydrogen (secondary N) is 1. The van der Waals surface area contributed by atoms with E-state index in [0.29, 0.717) is 6.04 Å². The molecule has 2 atom stereocenters. The summed E-state index contributed by atoms with van der Waals surface area (Å²) >= 11 is 0. The maximum atomic E-state index is 12.3. The molecule has 4 nitrogen and oxygen atoms in total. The van der Waals surface area contributed by atoms with Crippen molar-refractivity contribution in [2.24, 2.45) is 0 Å². The Balaban J connectivity index is 2.41. The van der Waals surface area contributed by atoms with Gasteiger partial charge in [0.1, 0.15) is 5.60 Å². The summed E-state index contributed by atoms with van der Waals surface area (Å²) in [5.74, 6) is 0. The van der Waals surface area contributed by atoms with Crippen molar-refractivity contribution >= 4 is 6.09 Å². The molecule has 124 valence electrons. The van der Waals surface area contributed by atoms with Crippen LogP contribution in [0.5, 0.6) is 0 Å². The molecule has 0 spiro atoms. The molecular weight excluding hydrogens is 264 g/mol. The third-order valence-corrected chi connectivity index (χ3v) is 4.05. The molecule has 0 bridgehead atoms. The number of piperidine rings is 1. The molecule has 2 unspecified atom stereocenters. The van der Waals surface area contributed by atoms with E-state index in [-0.39, 0.29) is 12.1 Å². The number of likely N-dealkylation sites (tertiary alicyclic amines) is 1. The van der Waals surface area contributed by atoms with Gasteiger partial charge in [-0.15, -0.1) is 0 Å². The third kappa shape index (κ3) is 6.68. The number of amides is 1. The van der Waals surface area contributed by atoms with Crippen LogP contribution in [0.4, 0.5) is 4.79 Å². The maximum Gasteiger partial charge on any atom is 0.410 e. The number of ether oxygens (including phenoxy) is 1. The van der Waals surface area contributed by atoms with E-state index in [4.69, 9.17) is 4.74 Å². The molecule has 1 N–H and O–H groups in total. The summed E-state index contributed by atoms with van der Waals surface area (Å²) < 4.78 is 5.51. The van der Waals surface area contributed by atoms with Crippen LogP contribution in [0.15, 0.2) is 0 Å². The normalized spacial score (nSPS) is 23.2. The lowest BCUT2D eigenvalue weighted by Gasteiger charge is -2.40. The Hall–Kier alpha value is -0.770. The molecule has 1 heterocycles. The first-order valence-electron chi connectivity index (χ1n) is 8.58. The van der Waals surface area contributed by atoms with E-state index in [0.717, 1.165) is 25.9 Å². The topological polar surface area (TPSA) is 41.6 Å². The lowest BCUT2D eigenvalue weighted by Crippen LogP contribution is -2.55. The lowest BCUT2D eigenvalue weighted by atomic mass is 9.97. The Morgan fingerprint density at radius 2 is 2.00 bits per heavy atom. The first kappa shape index (κ1) is 18.3. The van der Waals surface area contributed by atoms with Crippen LogP contribution in [0.1, 0.15) is 73.1 Å². The minimum Gasteiger partial charge on any atom is -0.444 e. The Morgan fingerprint density at radius 1 is 1.29 bits per heavy atom. The largest absolute Gasteiger partial charge is 0.444 e. The van der Waals surface area contributed by atoms with Crippen LogP contribution in [0.25, 0.3) is 0 Å². The first-order chi connectivity index (χ1) is 9.85. The second kappa shape index (κ2) is 8.62. The third-order valence-electron chi connectivity index (χ3n) is 4.05. The smallest absolute Gasteiger partial charge is 0.410 e. The monoisotopic (exact) mass is 298 g/mol. The minimum absolute atomic E-state index is 0.174. The summed E-state index contributed by atoms with van der Waals surface area (Å²) in [6.07, 6.45) is 7.12. The van der Waals surface area contributed by atoms with Gasteiger partial charge in [-0.05, 0) is 53.5 Å². The molecule has 0 saturated carbocycles. The Bertz CT molecular complexity index is 312. The van der Waals surface area contributed by atoms with Gasteiger partial charge in [0.05, 0.1) is 0 Å². The van der Waals surface area contributed by atoms with Crippen molar-refractivity contribution in [1.29, 1.82) is 0 Å². The average Bonchev–Trinajstić information content (AvgIpc) is 2.38. The van der Waals surface area contributed by atoms with Gasteiger partial charge >= 0.3 is 6.09 Å². The molecule has 21 heavy (non-hydrogen) atoms. The molecule has 1 aliphatic rings. The summed E-state index contributed by atoms with van der Waals surface area (Å²) in [5.41, 5.74) is -0.419. The SMILES string of the molecule is CCCCCCNC1CCCN(C(=O)OC(C)(C)C)C1C. The van der Waals surface area contributed by atoms with Crippen LogP contribution >= 0.6 is 0 Å². The molecular formula is C17H34N2O2. The second-order valence-corrected chi connectivity index (χ2v) is 7.18. The molecule has 1 amide bonds. The van der Waals surface area contributed by atoms with Crippen LogP contribution in [-0.2, 0) is 4.74 Å². The Labute approximate surface area is 130 Å². The standard InChI is InChI=1S/C17H34N2O2/c1-6-7-8-9-12-18-15-11-10-13-19(14(15)2)16(20)21-17(3,4)5/h14-15,18H,6-13H2,1-5H3. The number of carbonyl (C=O) groups is 1. The summed E-state index contributed by atoms with van der Waals surface area (Å²) in [5, 5.41) is 3.63. The molecule has 1 rings (SSSR count). The molecule has 0 radical (unpaired) electrons. The Morgan fingerprint density at radius 3 is 2.62 bits per heavy atom. The highest BCUT2D eigenvalue weighted by atomic mass is 16.6. The lowest BCUT2D eigenvalue weighted by molar-refractivity contribution is 0.00709. The quantitative estimate of drug-likeness (QED) is 0.755. The molecule has 1 fully saturated rings. The summed E-state index contributed by atoms with van der Waals surface area (Å²) in [4.78, 5) is 14.1. The van der Waals surface area contributed by atoms with Crippen LogP contribution in [0.2, 0.25) is 0 Å². The number of nitrogens with zero attached hydrogens (tertiary/aromatic N) is 1. The molecule has 0 aromatic rings. The number of carbonyl (C=O) groups excluding carboxylic acids is 1. The predicted octanol–water partition coefficient (Wildman–Crippen LogP) is 3.94. The van der Waals surface area contributed by atoms with Gasteiger partial charge in [-0.25, -0.2) is 4.79 Å². The molecule has 0 aromatic carbocycles. The number of rotatable bonds is 6. The number of hydrogen-bond donors (Lipinski definition) is 1. The van der Waals surface area contributed by atoms with E-state index < -0.39 is 5.60 Å². The van der Waals surface area contributed by atoms with E-state index in [1.807, 2.05) is 25.7 Å². The van der Waals surface area contributed by atoms with Crippen molar-refractivity contribution in [2.45, 2.75) is 90.8 Å². The molecule has 4 heteroatoms. The van der Waals surface area contributed by atoms with Gasteiger partial charge in [0.15, 0.2) is 0 Å². The zero-order chi connectivity index (χ0) is 15.9.